The largest absolute Gasteiger partial charge is 0.491 e. The molecule has 0 atom stereocenters. The van der Waals surface area contributed by atoms with Crippen LogP contribution in [0.25, 0.3) is 16.7 Å². The topological polar surface area (TPSA) is 91.2 Å². The van der Waals surface area contributed by atoms with E-state index in [9.17, 15) is 4.79 Å². The first-order valence-electron chi connectivity index (χ1n) is 8.90. The number of fused-ring (bicyclic) bond motifs is 1. The zero-order valence-electron chi connectivity index (χ0n) is 15.3. The smallest absolute Gasteiger partial charge is 0.222 e. The molecule has 0 spiro atoms. The summed E-state index contributed by atoms with van der Waals surface area (Å²) in [6.45, 7) is 2.44. The van der Waals surface area contributed by atoms with Crippen LogP contribution in [0.5, 0.6) is 5.75 Å². The second kappa shape index (κ2) is 7.32. The summed E-state index contributed by atoms with van der Waals surface area (Å²) in [5, 5.41) is 8.51. The van der Waals surface area contributed by atoms with E-state index in [1.807, 2.05) is 12.1 Å². The van der Waals surface area contributed by atoms with Crippen molar-refractivity contribution in [2.45, 2.75) is 25.7 Å². The van der Waals surface area contributed by atoms with E-state index in [-0.39, 0.29) is 5.91 Å². The monoisotopic (exact) mass is 367 g/mol. The predicted octanol–water partition coefficient (Wildman–Crippen LogP) is 2.68. The van der Waals surface area contributed by atoms with Crippen molar-refractivity contribution < 1.29 is 14.3 Å². The molecule has 1 aliphatic rings. The number of carbonyl (C=O) groups excluding carboxylic acids is 1. The molecule has 1 N–H and O–H groups in total. The van der Waals surface area contributed by atoms with Gasteiger partial charge < -0.3 is 14.8 Å². The Morgan fingerprint density at radius 1 is 1.30 bits per heavy atom. The summed E-state index contributed by atoms with van der Waals surface area (Å²) in [7, 11) is 1.64. The number of nitrogens with zero attached hydrogens (tertiary/aromatic N) is 4. The van der Waals surface area contributed by atoms with Crippen LogP contribution in [0.15, 0.2) is 30.6 Å². The molecule has 0 bridgehead atoms. The van der Waals surface area contributed by atoms with E-state index >= 15 is 0 Å². The number of rotatable bonds is 7. The number of hydrogen-bond acceptors (Lipinski definition) is 6. The van der Waals surface area contributed by atoms with Crippen LogP contribution in [-0.2, 0) is 9.53 Å². The van der Waals surface area contributed by atoms with E-state index < -0.39 is 0 Å². The molecule has 1 aliphatic carbocycles. The van der Waals surface area contributed by atoms with Crippen LogP contribution in [0.2, 0.25) is 0 Å². The summed E-state index contributed by atoms with van der Waals surface area (Å²) < 4.78 is 12.5. The summed E-state index contributed by atoms with van der Waals surface area (Å²) in [6, 6.07) is 5.48. The van der Waals surface area contributed by atoms with Crippen LogP contribution in [0, 0.1) is 0 Å². The van der Waals surface area contributed by atoms with E-state index in [1.165, 1.54) is 6.92 Å². The van der Waals surface area contributed by atoms with Crippen molar-refractivity contribution in [1.82, 2.24) is 19.7 Å². The molecule has 8 heteroatoms. The number of nitrogens with one attached hydrogen (secondary N) is 1. The minimum Gasteiger partial charge on any atom is -0.491 e. The first kappa shape index (κ1) is 17.4. The third-order valence-electron chi connectivity index (χ3n) is 4.35. The van der Waals surface area contributed by atoms with E-state index in [0.29, 0.717) is 36.5 Å². The number of methoxy groups -OCH3 is 1. The van der Waals surface area contributed by atoms with E-state index in [0.717, 1.165) is 29.4 Å². The summed E-state index contributed by atoms with van der Waals surface area (Å²) >= 11 is 0. The molecule has 0 aliphatic heterocycles. The molecule has 0 unspecified atom stereocenters. The predicted molar refractivity (Wildman–Crippen MR) is 100 cm³/mol. The number of ether oxygens (including phenoxy) is 2. The fourth-order valence-electron chi connectivity index (χ4n) is 2.96. The lowest BCUT2D eigenvalue weighted by atomic mass is 10.2. The fourth-order valence-corrected chi connectivity index (χ4v) is 2.96. The summed E-state index contributed by atoms with van der Waals surface area (Å²) in [5.74, 6) is 2.14. The van der Waals surface area contributed by atoms with Crippen LogP contribution in [0.4, 0.5) is 5.82 Å². The third kappa shape index (κ3) is 3.75. The Bertz CT molecular complexity index is 981. The molecular formula is C19H21N5O3. The van der Waals surface area contributed by atoms with Gasteiger partial charge in [0.15, 0.2) is 5.82 Å². The van der Waals surface area contributed by atoms with Gasteiger partial charge in [-0.3, -0.25) is 4.79 Å². The normalized spacial score (nSPS) is 13.7. The molecule has 3 heterocycles. The Kier molecular flexibility index (Phi) is 4.72. The van der Waals surface area contributed by atoms with Gasteiger partial charge >= 0.3 is 0 Å². The molecular weight excluding hydrogens is 346 g/mol. The van der Waals surface area contributed by atoms with Crippen molar-refractivity contribution in [3.8, 4) is 11.6 Å². The van der Waals surface area contributed by atoms with Gasteiger partial charge in [0.1, 0.15) is 18.2 Å². The molecule has 4 rings (SSSR count). The minimum atomic E-state index is -0.165. The second-order valence-electron chi connectivity index (χ2n) is 6.53. The quantitative estimate of drug-likeness (QED) is 0.646. The van der Waals surface area contributed by atoms with Crippen molar-refractivity contribution in [3.63, 3.8) is 0 Å². The van der Waals surface area contributed by atoms with Crippen molar-refractivity contribution in [3.05, 3.63) is 36.3 Å². The highest BCUT2D eigenvalue weighted by atomic mass is 16.5. The van der Waals surface area contributed by atoms with Gasteiger partial charge in [0.2, 0.25) is 5.91 Å². The standard InChI is InChI=1S/C19H21N5O3/c1-12(25)22-17-10-16-15(11-21-17)19(13-3-4-13)23-24(16)18-9-14(5-6-20-18)27-8-7-26-2/h5-6,9-11,13H,3-4,7-8H2,1-2H3,(H,21,22,25). The molecule has 3 aromatic rings. The van der Waals surface area contributed by atoms with Gasteiger partial charge in [-0.1, -0.05) is 0 Å². The first-order chi connectivity index (χ1) is 13.2. The minimum absolute atomic E-state index is 0.165. The molecule has 0 aromatic carbocycles. The van der Waals surface area contributed by atoms with E-state index in [2.05, 4.69) is 15.3 Å². The number of amides is 1. The molecule has 1 fully saturated rings. The van der Waals surface area contributed by atoms with Gasteiger partial charge in [-0.2, -0.15) is 5.10 Å². The molecule has 8 nitrogen and oxygen atoms in total. The lowest BCUT2D eigenvalue weighted by Gasteiger charge is -2.08. The Labute approximate surface area is 156 Å². The van der Waals surface area contributed by atoms with Gasteiger partial charge in [-0.25, -0.2) is 14.6 Å². The van der Waals surface area contributed by atoms with Crippen molar-refractivity contribution in [2.75, 3.05) is 25.6 Å². The molecule has 3 aromatic heterocycles. The average molecular weight is 367 g/mol. The number of carbonyl (C=O) groups is 1. The van der Waals surface area contributed by atoms with Gasteiger partial charge in [0, 0.05) is 49.9 Å². The van der Waals surface area contributed by atoms with Crippen LogP contribution < -0.4 is 10.1 Å². The van der Waals surface area contributed by atoms with Crippen LogP contribution in [0.3, 0.4) is 0 Å². The number of aromatic nitrogens is 4. The maximum absolute atomic E-state index is 11.4. The van der Waals surface area contributed by atoms with Crippen LogP contribution in [-0.4, -0.2) is 46.0 Å². The van der Waals surface area contributed by atoms with Gasteiger partial charge in [0.05, 0.1) is 17.8 Å². The maximum Gasteiger partial charge on any atom is 0.222 e. The first-order valence-corrected chi connectivity index (χ1v) is 8.90. The van der Waals surface area contributed by atoms with Crippen molar-refractivity contribution in [2.24, 2.45) is 0 Å². The average Bonchev–Trinajstić information content (AvgIpc) is 3.43. The fraction of sp³-hybridized carbons (Fsp3) is 0.368. The summed E-state index contributed by atoms with van der Waals surface area (Å²) in [5.41, 5.74) is 1.89. The zero-order chi connectivity index (χ0) is 18.8. The second-order valence-corrected chi connectivity index (χ2v) is 6.53. The van der Waals surface area contributed by atoms with Crippen LogP contribution in [0.1, 0.15) is 31.4 Å². The molecule has 1 amide bonds. The molecule has 0 saturated heterocycles. The maximum atomic E-state index is 11.4. The van der Waals surface area contributed by atoms with Crippen molar-refractivity contribution >= 4 is 22.6 Å². The van der Waals surface area contributed by atoms with Gasteiger partial charge in [-0.15, -0.1) is 0 Å². The highest BCUT2D eigenvalue weighted by Gasteiger charge is 2.30. The SMILES string of the molecule is COCCOc1ccnc(-n2nc(C3CC3)c3cnc(NC(C)=O)cc32)c1. The molecule has 27 heavy (non-hydrogen) atoms. The Hall–Kier alpha value is -3.00. The highest BCUT2D eigenvalue weighted by molar-refractivity contribution is 5.91. The van der Waals surface area contributed by atoms with Gasteiger partial charge in [0.25, 0.3) is 0 Å². The Morgan fingerprint density at radius 3 is 2.89 bits per heavy atom. The van der Waals surface area contributed by atoms with E-state index in [4.69, 9.17) is 14.6 Å². The summed E-state index contributed by atoms with van der Waals surface area (Å²) in [6.07, 6.45) is 5.73. The highest BCUT2D eigenvalue weighted by Crippen LogP contribution is 2.43. The van der Waals surface area contributed by atoms with E-state index in [1.54, 1.807) is 30.3 Å². The van der Waals surface area contributed by atoms with Gasteiger partial charge in [-0.05, 0) is 18.9 Å². The molecule has 1 saturated carbocycles. The Morgan fingerprint density at radius 2 is 2.15 bits per heavy atom. The lowest BCUT2D eigenvalue weighted by Crippen LogP contribution is -2.08. The van der Waals surface area contributed by atoms with Crippen molar-refractivity contribution in [1.29, 1.82) is 0 Å². The zero-order valence-corrected chi connectivity index (χ0v) is 15.3. The molecule has 140 valence electrons. The number of anilines is 1. The molecule has 0 radical (unpaired) electrons. The van der Waals surface area contributed by atoms with Crippen LogP contribution >= 0.6 is 0 Å². The number of hydrogen-bond donors (Lipinski definition) is 1. The number of pyridine rings is 2. The third-order valence-corrected chi connectivity index (χ3v) is 4.35. The summed E-state index contributed by atoms with van der Waals surface area (Å²) in [4.78, 5) is 20.2. The Balaban J connectivity index is 1.75. The lowest BCUT2D eigenvalue weighted by molar-refractivity contribution is -0.114.